The van der Waals surface area contributed by atoms with Crippen LogP contribution in [0.4, 0.5) is 23.3 Å². The van der Waals surface area contributed by atoms with Crippen molar-refractivity contribution in [3.8, 4) is 36.5 Å². The molecule has 0 radical (unpaired) electrons. The first-order valence-electron chi connectivity index (χ1n) is 24.2. The van der Waals surface area contributed by atoms with Crippen molar-refractivity contribution in [2.45, 2.75) is 57.8 Å². The van der Waals surface area contributed by atoms with Crippen LogP contribution in [0, 0.1) is 63.6 Å². The number of rotatable bonds is 16. The number of anilines is 4. The molecule has 406 valence electrons. The van der Waals surface area contributed by atoms with Gasteiger partial charge in [0.25, 0.3) is 0 Å². The number of amides is 3. The van der Waals surface area contributed by atoms with Crippen LogP contribution in [0.25, 0.3) is 14.5 Å². The van der Waals surface area contributed by atoms with E-state index in [1.165, 1.54) is 0 Å². The predicted octanol–water partition coefficient (Wildman–Crippen LogP) is 10.5. The summed E-state index contributed by atoms with van der Waals surface area (Å²) in [5.41, 5.74) is 9.53. The average molecular weight is 1360 g/mol. The molecule has 4 heterocycles. The molecule has 7 aromatic rings. The van der Waals surface area contributed by atoms with Gasteiger partial charge in [-0.15, -0.1) is 54.5 Å². The number of hydrogen-bond acceptors (Lipinski definition) is 12. The summed E-state index contributed by atoms with van der Waals surface area (Å²) in [6.07, 6.45) is 15.2. The quantitative estimate of drug-likeness (QED) is 0.0233. The van der Waals surface area contributed by atoms with Crippen molar-refractivity contribution in [2.24, 2.45) is 0 Å². The summed E-state index contributed by atoms with van der Waals surface area (Å²) in [4.78, 5) is 45.0. The molecule has 80 heavy (non-hydrogen) atoms. The van der Waals surface area contributed by atoms with E-state index in [0.29, 0.717) is 80.7 Å². The number of nitrogens with two attached hydrogens (primary N) is 1. The molecule has 7 rings (SSSR count). The Labute approximate surface area is 503 Å². The Morgan fingerprint density at radius 2 is 0.950 bits per heavy atom. The smallest absolute Gasteiger partial charge is 0.229 e. The number of nitrogens with zero attached hydrogens (tertiary/aromatic N) is 11. The molecule has 3 aromatic carbocycles. The highest BCUT2D eigenvalue weighted by Crippen LogP contribution is 2.10. The maximum Gasteiger partial charge on any atom is 0.229 e. The second kappa shape index (κ2) is 44.3. The zero-order valence-electron chi connectivity index (χ0n) is 43.5. The van der Waals surface area contributed by atoms with Crippen LogP contribution in [0.5, 0.6) is 0 Å². The van der Waals surface area contributed by atoms with Gasteiger partial charge in [-0.1, -0.05) is 119 Å². The lowest BCUT2D eigenvalue weighted by molar-refractivity contribution is -0.116. The minimum atomic E-state index is -0.142. The second-order valence-corrected chi connectivity index (χ2v) is 18.6. The van der Waals surface area contributed by atoms with Crippen molar-refractivity contribution < 1.29 is 14.4 Å². The van der Waals surface area contributed by atoms with Crippen LogP contribution in [-0.2, 0) is 40.1 Å². The highest BCUT2D eigenvalue weighted by atomic mass is 127. The average Bonchev–Trinajstić information content (AvgIpc) is 3.47. The molecule has 0 aliphatic carbocycles. The lowest BCUT2D eigenvalue weighted by Crippen LogP contribution is -2.15. The summed E-state index contributed by atoms with van der Waals surface area (Å²) in [5, 5.41) is 40.0. The molecule has 0 aliphatic heterocycles. The van der Waals surface area contributed by atoms with E-state index in [9.17, 15) is 14.4 Å². The first-order valence-corrected chi connectivity index (χ1v) is 27.5. The summed E-state index contributed by atoms with van der Waals surface area (Å²) in [6.45, 7) is 21.0. The number of benzene rings is 3. The van der Waals surface area contributed by atoms with Gasteiger partial charge in [-0.3, -0.25) is 14.4 Å². The van der Waals surface area contributed by atoms with Crippen molar-refractivity contribution in [1.82, 2.24) is 40.8 Å². The zero-order chi connectivity index (χ0) is 58.3. The van der Waals surface area contributed by atoms with Gasteiger partial charge in [0.05, 0.1) is 37.8 Å². The number of terminal acetylenes is 2. The van der Waals surface area contributed by atoms with Gasteiger partial charge >= 0.3 is 0 Å². The maximum atomic E-state index is 11.9. The van der Waals surface area contributed by atoms with Crippen molar-refractivity contribution in [3.63, 3.8) is 0 Å². The summed E-state index contributed by atoms with van der Waals surface area (Å²) in [7, 11) is 0. The highest BCUT2D eigenvalue weighted by molar-refractivity contribution is 14.1. The third-order valence-corrected chi connectivity index (χ3v) is 10.8. The molecular formula is C59H56BrI2N15O3. The number of halogens is 3. The molecule has 5 N–H and O–H groups in total. The van der Waals surface area contributed by atoms with E-state index < -0.39 is 0 Å². The Morgan fingerprint density at radius 3 is 1.30 bits per heavy atom. The number of aromatic nitrogens is 8. The van der Waals surface area contributed by atoms with Crippen molar-refractivity contribution >= 4 is 102 Å². The number of carbonyl (C=O) groups is 3. The van der Waals surface area contributed by atoms with E-state index in [-0.39, 0.29) is 17.7 Å². The third kappa shape index (κ3) is 34.8. The molecule has 18 nitrogen and oxygen atoms in total. The first-order chi connectivity index (χ1) is 38.9. The number of unbranched alkanes of at least 4 members (excludes halogenated alkanes) is 1. The third-order valence-electron chi connectivity index (χ3n) is 9.22. The van der Waals surface area contributed by atoms with Crippen molar-refractivity contribution in [1.29, 1.82) is 0 Å². The predicted molar refractivity (Wildman–Crippen MR) is 334 cm³/mol. The van der Waals surface area contributed by atoms with E-state index in [0.717, 1.165) is 60.8 Å². The van der Waals surface area contributed by atoms with Crippen LogP contribution in [0.1, 0.15) is 60.2 Å². The number of nitrogens with one attached hydrogen (secondary N) is 3. The molecule has 3 amide bonds. The summed E-state index contributed by atoms with van der Waals surface area (Å²) in [5.74, 6) is 11.9. The summed E-state index contributed by atoms with van der Waals surface area (Å²) < 4.78 is 1.65. The molecule has 0 bridgehead atoms. The van der Waals surface area contributed by atoms with E-state index in [4.69, 9.17) is 38.3 Å². The van der Waals surface area contributed by atoms with E-state index in [1.807, 2.05) is 103 Å². The van der Waals surface area contributed by atoms with E-state index in [1.54, 1.807) is 36.4 Å². The Bertz CT molecular complexity index is 3120. The highest BCUT2D eigenvalue weighted by Gasteiger charge is 2.08. The van der Waals surface area contributed by atoms with Crippen LogP contribution >= 0.6 is 61.1 Å². The SMILES string of the molecule is C#CCCBr.Nc1ccc(I)nn1.O=C(Cc1ccccc1)Nc1ccc(I)nn1.[C-]#[N+]CCC#C.[C-]#[N+]CCC#Cc1ccc(NC(=O)Cc2ccccc2)nn1.[C-]#[N+]CCCCc1ccc(NC(=O)Cc2ccccc2)nn1. The Balaban J connectivity index is 0.000000354. The van der Waals surface area contributed by atoms with Crippen LogP contribution in [0.3, 0.4) is 0 Å². The fourth-order valence-corrected chi connectivity index (χ4v) is 6.38. The van der Waals surface area contributed by atoms with Crippen LogP contribution in [0.15, 0.2) is 140 Å². The Kier molecular flexibility index (Phi) is 37.3. The molecule has 21 heteroatoms. The first kappa shape index (κ1) is 67.4. The summed E-state index contributed by atoms with van der Waals surface area (Å²) in [6, 6.07) is 42.7. The number of hydrogen-bond donors (Lipinski definition) is 4. The zero-order valence-corrected chi connectivity index (χ0v) is 49.4. The van der Waals surface area contributed by atoms with Crippen LogP contribution in [0.2, 0.25) is 0 Å². The largest absolute Gasteiger partial charge is 0.382 e. The molecule has 0 unspecified atom stereocenters. The fraction of sp³-hybridized carbons (Fsp3) is 0.220. The standard InChI is InChI=1S/C17H18N4O.C17H14N4O.C12H10IN3O.C5H5N.C4H5Br.C4H4IN3/c2*1-18-12-6-5-9-15-10-11-16(21-20-15)19-17(22)13-14-7-3-2-4-8-14;13-10-6-7-11(16-15-10)14-12(17)8-9-4-2-1-3-5-9;1-3-4-5-6-2;1-2-3-4-5;5-3-1-2-4(6)8-7-3/h2-4,7-8,10-11H,5-6,9,12-13H2,(H,19,21,22);2-4,7-8,10-11H,6,12-13H2,(H,19,21,22);1-7H,8H2,(H,14,16,17);1H,4-5H2;1H,3-4H2;1-2H,(H2,6,8). The maximum absolute atomic E-state index is 11.9. The Hall–Kier alpha value is -8.72. The molecule has 0 saturated heterocycles. The minimum absolute atomic E-state index is 0.0910. The number of aryl methyl sites for hydroxylation is 1. The molecule has 0 atom stereocenters. The van der Waals surface area contributed by atoms with Gasteiger partial charge in [0.2, 0.25) is 37.4 Å². The summed E-state index contributed by atoms with van der Waals surface area (Å²) >= 11 is 7.30. The normalized spacial score (nSPS) is 9.12. The molecule has 0 fully saturated rings. The molecule has 4 aromatic heterocycles. The Morgan fingerprint density at radius 1 is 0.512 bits per heavy atom. The molecular weight excluding hydrogens is 1300 g/mol. The van der Waals surface area contributed by atoms with Crippen molar-refractivity contribution in [2.75, 3.05) is 46.6 Å². The van der Waals surface area contributed by atoms with Gasteiger partial charge in [0.15, 0.2) is 17.5 Å². The van der Waals surface area contributed by atoms with Gasteiger partial charge in [-0.05, 0) is 129 Å². The van der Waals surface area contributed by atoms with Crippen molar-refractivity contribution in [3.05, 3.63) is 209 Å². The number of nitrogen functional groups attached to an aromatic ring is 1. The van der Waals surface area contributed by atoms with Gasteiger partial charge in [-0.2, -0.15) is 5.10 Å². The van der Waals surface area contributed by atoms with Gasteiger partial charge in [0.1, 0.15) is 18.9 Å². The topological polar surface area (TPSA) is 230 Å². The molecule has 0 saturated carbocycles. The van der Waals surface area contributed by atoms with Crippen LogP contribution < -0.4 is 21.7 Å². The lowest BCUT2D eigenvalue weighted by Gasteiger charge is -2.05. The van der Waals surface area contributed by atoms with Gasteiger partial charge < -0.3 is 36.2 Å². The van der Waals surface area contributed by atoms with Gasteiger partial charge in [0, 0.05) is 18.2 Å². The van der Waals surface area contributed by atoms with E-state index >= 15 is 0 Å². The lowest BCUT2D eigenvalue weighted by atomic mass is 10.1. The monoisotopic (exact) mass is 1360 g/mol. The number of carbonyl (C=O) groups excluding carboxylic acids is 3. The number of alkyl halides is 1. The van der Waals surface area contributed by atoms with Crippen LogP contribution in [-0.4, -0.2) is 83.5 Å². The van der Waals surface area contributed by atoms with Gasteiger partial charge in [-0.25, -0.2) is 19.7 Å². The fourth-order valence-electron chi connectivity index (χ4n) is 5.58. The molecule has 0 aliphatic rings. The van der Waals surface area contributed by atoms with E-state index in [2.05, 4.69) is 156 Å². The second-order valence-electron chi connectivity index (χ2n) is 15.6. The minimum Gasteiger partial charge on any atom is -0.382 e. The molecule has 0 spiro atoms.